The summed E-state index contributed by atoms with van der Waals surface area (Å²) in [5, 5.41) is 6.61. The second-order valence-electron chi connectivity index (χ2n) is 4.80. The molecule has 0 unspecified atom stereocenters. The standard InChI is InChI=1S/C16H15N3OS/c20-15-11-19(14-9-5-4-8-13(14)18-15)16(21)17-10-12-6-2-1-3-7-12/h1-9H,10-11H2,(H,17,21)(H,18,20). The first-order valence-electron chi connectivity index (χ1n) is 6.72. The monoisotopic (exact) mass is 297 g/mol. The van der Waals surface area contributed by atoms with E-state index < -0.39 is 0 Å². The minimum Gasteiger partial charge on any atom is -0.358 e. The molecule has 2 N–H and O–H groups in total. The molecular formula is C16H15N3OS. The summed E-state index contributed by atoms with van der Waals surface area (Å²) in [6.07, 6.45) is 0. The molecule has 3 rings (SSSR count). The summed E-state index contributed by atoms with van der Waals surface area (Å²) in [7, 11) is 0. The number of amides is 1. The summed E-state index contributed by atoms with van der Waals surface area (Å²) in [6, 6.07) is 17.7. The van der Waals surface area contributed by atoms with Crippen LogP contribution in [-0.4, -0.2) is 17.6 Å². The number of nitrogens with zero attached hydrogens (tertiary/aromatic N) is 1. The van der Waals surface area contributed by atoms with Crippen molar-refractivity contribution in [2.45, 2.75) is 6.54 Å². The maximum Gasteiger partial charge on any atom is 0.244 e. The van der Waals surface area contributed by atoms with Crippen LogP contribution in [0.15, 0.2) is 54.6 Å². The largest absolute Gasteiger partial charge is 0.358 e. The Bertz CT molecular complexity index is 672. The summed E-state index contributed by atoms with van der Waals surface area (Å²) < 4.78 is 0. The fraction of sp³-hybridized carbons (Fsp3) is 0.125. The van der Waals surface area contributed by atoms with Crippen LogP contribution < -0.4 is 15.5 Å². The van der Waals surface area contributed by atoms with Gasteiger partial charge in [0.15, 0.2) is 5.11 Å². The SMILES string of the molecule is O=C1CN(C(=S)NCc2ccccc2)c2ccccc2N1. The van der Waals surface area contributed by atoms with Crippen LogP contribution in [0, 0.1) is 0 Å². The Labute approximate surface area is 128 Å². The third kappa shape index (κ3) is 3.03. The molecule has 21 heavy (non-hydrogen) atoms. The number of carbonyl (C=O) groups is 1. The van der Waals surface area contributed by atoms with E-state index in [9.17, 15) is 4.79 Å². The van der Waals surface area contributed by atoms with Crippen LogP contribution in [0.4, 0.5) is 11.4 Å². The molecule has 5 heteroatoms. The van der Waals surface area contributed by atoms with Crippen LogP contribution in [0.3, 0.4) is 0 Å². The molecule has 0 radical (unpaired) electrons. The molecule has 0 aromatic heterocycles. The Balaban J connectivity index is 1.74. The van der Waals surface area contributed by atoms with E-state index in [-0.39, 0.29) is 12.5 Å². The van der Waals surface area contributed by atoms with E-state index in [1.165, 1.54) is 0 Å². The predicted molar refractivity (Wildman–Crippen MR) is 88.3 cm³/mol. The number of para-hydroxylation sites is 2. The lowest BCUT2D eigenvalue weighted by atomic mass is 10.2. The van der Waals surface area contributed by atoms with Crippen LogP contribution in [0.25, 0.3) is 0 Å². The number of hydrogen-bond acceptors (Lipinski definition) is 2. The van der Waals surface area contributed by atoms with Crippen molar-refractivity contribution in [1.82, 2.24) is 5.32 Å². The molecule has 0 spiro atoms. The number of hydrogen-bond donors (Lipinski definition) is 2. The topological polar surface area (TPSA) is 44.4 Å². The summed E-state index contributed by atoms with van der Waals surface area (Å²) in [5.74, 6) is -0.0578. The molecule has 0 saturated carbocycles. The highest BCUT2D eigenvalue weighted by Crippen LogP contribution is 2.28. The molecule has 4 nitrogen and oxygen atoms in total. The van der Waals surface area contributed by atoms with Gasteiger partial charge in [0.25, 0.3) is 0 Å². The van der Waals surface area contributed by atoms with Gasteiger partial charge in [-0.1, -0.05) is 42.5 Å². The summed E-state index contributed by atoms with van der Waals surface area (Å²) in [4.78, 5) is 13.6. The van der Waals surface area contributed by atoms with E-state index in [2.05, 4.69) is 10.6 Å². The maximum atomic E-state index is 11.8. The van der Waals surface area contributed by atoms with Crippen molar-refractivity contribution < 1.29 is 4.79 Å². The number of benzene rings is 2. The Hall–Kier alpha value is -2.40. The Morgan fingerprint density at radius 1 is 1.14 bits per heavy atom. The highest BCUT2D eigenvalue weighted by atomic mass is 32.1. The van der Waals surface area contributed by atoms with Crippen LogP contribution >= 0.6 is 12.2 Å². The smallest absolute Gasteiger partial charge is 0.244 e. The number of carbonyl (C=O) groups excluding carboxylic acids is 1. The highest BCUT2D eigenvalue weighted by Gasteiger charge is 2.24. The minimum atomic E-state index is -0.0578. The fourth-order valence-corrected chi connectivity index (χ4v) is 2.52. The van der Waals surface area contributed by atoms with Crippen molar-refractivity contribution in [3.8, 4) is 0 Å². The van der Waals surface area contributed by atoms with Crippen molar-refractivity contribution in [2.75, 3.05) is 16.8 Å². The van der Waals surface area contributed by atoms with Crippen molar-refractivity contribution in [1.29, 1.82) is 0 Å². The van der Waals surface area contributed by atoms with E-state index >= 15 is 0 Å². The van der Waals surface area contributed by atoms with Crippen LogP contribution in [0.2, 0.25) is 0 Å². The van der Waals surface area contributed by atoms with Gasteiger partial charge in [-0.25, -0.2) is 0 Å². The lowest BCUT2D eigenvalue weighted by Gasteiger charge is -2.31. The molecule has 106 valence electrons. The van der Waals surface area contributed by atoms with Crippen LogP contribution in [0.5, 0.6) is 0 Å². The number of rotatable bonds is 2. The van der Waals surface area contributed by atoms with Crippen molar-refractivity contribution >= 4 is 34.6 Å². The lowest BCUT2D eigenvalue weighted by Crippen LogP contribution is -2.46. The van der Waals surface area contributed by atoms with E-state index in [0.717, 1.165) is 16.9 Å². The normalized spacial score (nSPS) is 13.3. The maximum absolute atomic E-state index is 11.8. The highest BCUT2D eigenvalue weighted by molar-refractivity contribution is 7.80. The van der Waals surface area contributed by atoms with Gasteiger partial charge < -0.3 is 15.5 Å². The third-order valence-electron chi connectivity index (χ3n) is 3.30. The van der Waals surface area contributed by atoms with Gasteiger partial charge >= 0.3 is 0 Å². The molecule has 2 aromatic carbocycles. The van der Waals surface area contributed by atoms with Gasteiger partial charge in [-0.3, -0.25) is 4.79 Å². The Kier molecular flexibility index (Phi) is 3.83. The van der Waals surface area contributed by atoms with Crippen molar-refractivity contribution in [3.05, 3.63) is 60.2 Å². The van der Waals surface area contributed by atoms with Crippen molar-refractivity contribution in [3.63, 3.8) is 0 Å². The Morgan fingerprint density at radius 2 is 1.86 bits per heavy atom. The van der Waals surface area contributed by atoms with E-state index in [1.54, 1.807) is 0 Å². The average molecular weight is 297 g/mol. The zero-order valence-corrected chi connectivity index (χ0v) is 12.2. The van der Waals surface area contributed by atoms with E-state index in [0.29, 0.717) is 11.7 Å². The number of fused-ring (bicyclic) bond motifs is 1. The number of anilines is 2. The molecule has 1 amide bonds. The van der Waals surface area contributed by atoms with Crippen LogP contribution in [-0.2, 0) is 11.3 Å². The van der Waals surface area contributed by atoms with Crippen molar-refractivity contribution in [2.24, 2.45) is 0 Å². The molecule has 0 bridgehead atoms. The molecule has 1 aliphatic rings. The molecule has 0 aliphatic carbocycles. The predicted octanol–water partition coefficient (Wildman–Crippen LogP) is 2.52. The molecule has 1 aliphatic heterocycles. The first-order valence-corrected chi connectivity index (χ1v) is 7.13. The van der Waals surface area contributed by atoms with Gasteiger partial charge in [-0.15, -0.1) is 0 Å². The molecular weight excluding hydrogens is 282 g/mol. The second-order valence-corrected chi connectivity index (χ2v) is 5.18. The zero-order chi connectivity index (χ0) is 14.7. The quantitative estimate of drug-likeness (QED) is 0.836. The van der Waals surface area contributed by atoms with Gasteiger partial charge in [0, 0.05) is 6.54 Å². The van der Waals surface area contributed by atoms with Gasteiger partial charge in [0.2, 0.25) is 5.91 Å². The molecule has 0 atom stereocenters. The third-order valence-corrected chi connectivity index (χ3v) is 3.67. The van der Waals surface area contributed by atoms with Gasteiger partial charge in [-0.2, -0.15) is 0 Å². The molecule has 1 heterocycles. The average Bonchev–Trinajstić information content (AvgIpc) is 2.52. The van der Waals surface area contributed by atoms with E-state index in [4.69, 9.17) is 12.2 Å². The lowest BCUT2D eigenvalue weighted by molar-refractivity contribution is -0.115. The zero-order valence-electron chi connectivity index (χ0n) is 11.4. The Morgan fingerprint density at radius 3 is 2.67 bits per heavy atom. The molecule has 0 fully saturated rings. The summed E-state index contributed by atoms with van der Waals surface area (Å²) in [5.41, 5.74) is 2.86. The second kappa shape index (κ2) is 5.93. The fourth-order valence-electron chi connectivity index (χ4n) is 2.28. The summed E-state index contributed by atoms with van der Waals surface area (Å²) in [6.45, 7) is 0.873. The minimum absolute atomic E-state index is 0.0578. The molecule has 2 aromatic rings. The van der Waals surface area contributed by atoms with Crippen LogP contribution in [0.1, 0.15) is 5.56 Å². The van der Waals surface area contributed by atoms with Gasteiger partial charge in [0.1, 0.15) is 6.54 Å². The molecule has 0 saturated heterocycles. The number of thiocarbonyl (C=S) groups is 1. The number of nitrogens with one attached hydrogen (secondary N) is 2. The van der Waals surface area contributed by atoms with Gasteiger partial charge in [0.05, 0.1) is 11.4 Å². The summed E-state index contributed by atoms with van der Waals surface area (Å²) >= 11 is 5.44. The van der Waals surface area contributed by atoms with E-state index in [1.807, 2.05) is 59.5 Å². The first-order chi connectivity index (χ1) is 10.2. The first kappa shape index (κ1) is 13.6. The van der Waals surface area contributed by atoms with Gasteiger partial charge in [-0.05, 0) is 29.9 Å².